The van der Waals surface area contributed by atoms with Gasteiger partial charge in [0.15, 0.2) is 0 Å². The fourth-order valence-electron chi connectivity index (χ4n) is 4.08. The minimum Gasteiger partial charge on any atom is -0.472 e. The number of furan rings is 2. The highest BCUT2D eigenvalue weighted by atomic mass is 16.5. The Morgan fingerprint density at radius 2 is 1.42 bits per heavy atom. The van der Waals surface area contributed by atoms with E-state index < -0.39 is 0 Å². The van der Waals surface area contributed by atoms with Crippen molar-refractivity contribution in [3.05, 3.63) is 73.2 Å². The van der Waals surface area contributed by atoms with Crippen LogP contribution in [0.5, 0.6) is 0 Å². The quantitative estimate of drug-likeness (QED) is 0.374. The molecule has 5 heterocycles. The van der Waals surface area contributed by atoms with Crippen LogP contribution in [-0.4, -0.2) is 32.9 Å². The fraction of sp³-hybridized carbons (Fsp3) is 0.217. The summed E-state index contributed by atoms with van der Waals surface area (Å²) >= 11 is 0. The summed E-state index contributed by atoms with van der Waals surface area (Å²) < 4.78 is 21.2. The minimum atomic E-state index is 0.181. The number of aromatic nitrogens is 4. The second-order valence-electron chi connectivity index (χ2n) is 7.89. The van der Waals surface area contributed by atoms with Crippen molar-refractivity contribution in [2.45, 2.75) is 26.1 Å². The first-order valence-corrected chi connectivity index (χ1v) is 10.6. The van der Waals surface area contributed by atoms with Gasteiger partial charge >= 0.3 is 0 Å². The molecule has 166 valence electrons. The van der Waals surface area contributed by atoms with E-state index in [2.05, 4.69) is 49.1 Å². The van der Waals surface area contributed by atoms with Crippen LogP contribution in [0.3, 0.4) is 0 Å². The number of para-hydroxylation sites is 2. The lowest BCUT2D eigenvalue weighted by molar-refractivity contribution is 0.365. The minimum absolute atomic E-state index is 0.181. The van der Waals surface area contributed by atoms with Crippen molar-refractivity contribution in [3.8, 4) is 22.8 Å². The Morgan fingerprint density at radius 3 is 2.03 bits per heavy atom. The van der Waals surface area contributed by atoms with Gasteiger partial charge in [-0.1, -0.05) is 22.4 Å². The molecule has 0 saturated heterocycles. The largest absolute Gasteiger partial charge is 0.472 e. The molecule has 1 aliphatic rings. The van der Waals surface area contributed by atoms with E-state index in [0.717, 1.165) is 29.0 Å². The molecule has 1 atom stereocenters. The number of hydrogen-bond donors (Lipinski definition) is 0. The van der Waals surface area contributed by atoms with Gasteiger partial charge in [-0.15, -0.1) is 0 Å². The van der Waals surface area contributed by atoms with Crippen molar-refractivity contribution in [2.75, 3.05) is 16.3 Å². The lowest BCUT2D eigenvalue weighted by Gasteiger charge is -2.42. The molecule has 4 aromatic heterocycles. The lowest BCUT2D eigenvalue weighted by Crippen LogP contribution is -2.47. The van der Waals surface area contributed by atoms with Crippen molar-refractivity contribution >= 4 is 11.4 Å². The van der Waals surface area contributed by atoms with Crippen LogP contribution in [0.25, 0.3) is 22.8 Å². The highest BCUT2D eigenvalue weighted by Gasteiger charge is 2.30. The maximum absolute atomic E-state index is 5.52. The SMILES string of the molecule is C[C@H]1CN(Cc2nc(-c3ccoc3)no2)c2ccccc2N1Cc1nc(-c2ccoc2)no1. The Morgan fingerprint density at radius 1 is 0.818 bits per heavy atom. The summed E-state index contributed by atoms with van der Waals surface area (Å²) in [4.78, 5) is 13.6. The highest BCUT2D eigenvalue weighted by Crippen LogP contribution is 2.37. The first-order chi connectivity index (χ1) is 16.2. The van der Waals surface area contributed by atoms with Crippen LogP contribution in [0.4, 0.5) is 11.4 Å². The molecule has 0 amide bonds. The Balaban J connectivity index is 1.24. The molecule has 5 aromatic rings. The van der Waals surface area contributed by atoms with Crippen LogP contribution in [0.1, 0.15) is 18.7 Å². The van der Waals surface area contributed by atoms with Gasteiger partial charge in [0.2, 0.25) is 23.4 Å². The number of hydrogen-bond acceptors (Lipinski definition) is 10. The average Bonchev–Trinajstić information content (AvgIpc) is 3.62. The Hall–Kier alpha value is -4.34. The standard InChI is InChI=1S/C23H20N6O4/c1-15-10-28(11-20-24-22(26-32-20)16-6-8-30-13-16)18-4-2-3-5-19(18)29(15)12-21-25-23(27-33-21)17-7-9-31-14-17/h2-9,13-15H,10-12H2,1H3/t15-/m0/s1. The third-order valence-electron chi connectivity index (χ3n) is 5.68. The van der Waals surface area contributed by atoms with Crippen molar-refractivity contribution in [2.24, 2.45) is 0 Å². The Kier molecular flexibility index (Phi) is 4.68. The average molecular weight is 444 g/mol. The molecule has 6 rings (SSSR count). The number of benzene rings is 1. The van der Waals surface area contributed by atoms with Crippen LogP contribution in [0, 0.1) is 0 Å². The molecule has 1 aliphatic heterocycles. The normalized spacial score (nSPS) is 15.7. The third kappa shape index (κ3) is 3.65. The first-order valence-electron chi connectivity index (χ1n) is 10.6. The number of nitrogens with zero attached hydrogens (tertiary/aromatic N) is 6. The summed E-state index contributed by atoms with van der Waals surface area (Å²) in [5.74, 6) is 2.12. The molecule has 0 bridgehead atoms. The Bertz CT molecular complexity index is 1340. The molecular formula is C23H20N6O4. The van der Waals surface area contributed by atoms with Gasteiger partial charge in [0.1, 0.15) is 12.5 Å². The summed E-state index contributed by atoms with van der Waals surface area (Å²) in [5, 5.41) is 8.16. The van der Waals surface area contributed by atoms with Crippen molar-refractivity contribution in [1.82, 2.24) is 20.3 Å². The van der Waals surface area contributed by atoms with Crippen LogP contribution in [0.2, 0.25) is 0 Å². The maximum atomic E-state index is 5.52. The summed E-state index contributed by atoms with van der Waals surface area (Å²) in [7, 11) is 0. The van der Waals surface area contributed by atoms with E-state index in [1.165, 1.54) is 0 Å². The smallest absolute Gasteiger partial charge is 0.246 e. The number of fused-ring (bicyclic) bond motifs is 1. The Labute approximate surface area is 188 Å². The molecule has 1 aromatic carbocycles. The molecule has 0 spiro atoms. The van der Waals surface area contributed by atoms with E-state index in [1.807, 2.05) is 12.1 Å². The van der Waals surface area contributed by atoms with E-state index in [9.17, 15) is 0 Å². The van der Waals surface area contributed by atoms with Crippen molar-refractivity contribution in [3.63, 3.8) is 0 Å². The zero-order valence-corrected chi connectivity index (χ0v) is 17.8. The topological polar surface area (TPSA) is 111 Å². The number of rotatable bonds is 6. The van der Waals surface area contributed by atoms with E-state index in [1.54, 1.807) is 37.2 Å². The first kappa shape index (κ1) is 19.4. The lowest BCUT2D eigenvalue weighted by atomic mass is 10.1. The van der Waals surface area contributed by atoms with Gasteiger partial charge in [-0.25, -0.2) is 0 Å². The molecule has 10 heteroatoms. The monoisotopic (exact) mass is 444 g/mol. The molecule has 0 N–H and O–H groups in total. The van der Waals surface area contributed by atoms with E-state index in [4.69, 9.17) is 17.9 Å². The van der Waals surface area contributed by atoms with Crippen LogP contribution >= 0.6 is 0 Å². The molecule has 0 radical (unpaired) electrons. The van der Waals surface area contributed by atoms with Gasteiger partial charge in [0.25, 0.3) is 0 Å². The zero-order chi connectivity index (χ0) is 22.2. The van der Waals surface area contributed by atoms with E-state index in [0.29, 0.717) is 36.5 Å². The van der Waals surface area contributed by atoms with E-state index in [-0.39, 0.29) is 6.04 Å². The van der Waals surface area contributed by atoms with Gasteiger partial charge in [-0.05, 0) is 31.2 Å². The second kappa shape index (κ2) is 7.97. The molecule has 10 nitrogen and oxygen atoms in total. The molecule has 0 fully saturated rings. The summed E-state index contributed by atoms with van der Waals surface area (Å²) in [6, 6.07) is 12.0. The molecule has 0 aliphatic carbocycles. The predicted molar refractivity (Wildman–Crippen MR) is 117 cm³/mol. The maximum Gasteiger partial charge on any atom is 0.246 e. The number of anilines is 2. The summed E-state index contributed by atoms with van der Waals surface area (Å²) in [6.45, 7) is 3.94. The van der Waals surface area contributed by atoms with Gasteiger partial charge in [0.05, 0.1) is 48.1 Å². The molecule has 33 heavy (non-hydrogen) atoms. The molecular weight excluding hydrogens is 424 g/mol. The molecule has 0 unspecified atom stereocenters. The van der Waals surface area contributed by atoms with Gasteiger partial charge in [-0.2, -0.15) is 9.97 Å². The van der Waals surface area contributed by atoms with Gasteiger partial charge < -0.3 is 27.7 Å². The van der Waals surface area contributed by atoms with Crippen LogP contribution in [0.15, 0.2) is 79.3 Å². The summed E-state index contributed by atoms with van der Waals surface area (Å²) in [6.07, 6.45) is 6.37. The summed E-state index contributed by atoms with van der Waals surface area (Å²) in [5.41, 5.74) is 3.73. The predicted octanol–water partition coefficient (Wildman–Crippen LogP) is 4.39. The van der Waals surface area contributed by atoms with Crippen LogP contribution in [-0.2, 0) is 13.1 Å². The molecule has 0 saturated carbocycles. The van der Waals surface area contributed by atoms with E-state index >= 15 is 0 Å². The second-order valence-corrected chi connectivity index (χ2v) is 7.89. The van der Waals surface area contributed by atoms with Gasteiger partial charge in [-0.3, -0.25) is 0 Å². The van der Waals surface area contributed by atoms with Crippen molar-refractivity contribution < 1.29 is 17.9 Å². The highest BCUT2D eigenvalue weighted by molar-refractivity contribution is 5.74. The zero-order valence-electron chi connectivity index (χ0n) is 17.8. The van der Waals surface area contributed by atoms with Crippen LogP contribution < -0.4 is 9.80 Å². The fourth-order valence-corrected chi connectivity index (χ4v) is 4.08. The van der Waals surface area contributed by atoms with Gasteiger partial charge in [0, 0.05) is 12.6 Å². The third-order valence-corrected chi connectivity index (χ3v) is 5.68. The van der Waals surface area contributed by atoms with Crippen molar-refractivity contribution in [1.29, 1.82) is 0 Å².